The van der Waals surface area contributed by atoms with Crippen LogP contribution in [0.3, 0.4) is 0 Å². The van der Waals surface area contributed by atoms with E-state index in [2.05, 4.69) is 43.2 Å². The molecule has 0 bridgehead atoms. The van der Waals surface area contributed by atoms with Gasteiger partial charge in [0.25, 0.3) is 0 Å². The molecule has 2 aromatic carbocycles. The highest BCUT2D eigenvalue weighted by Gasteiger charge is 2.13. The fourth-order valence-electron chi connectivity index (χ4n) is 3.30. The van der Waals surface area contributed by atoms with Gasteiger partial charge >= 0.3 is 0 Å². The van der Waals surface area contributed by atoms with Gasteiger partial charge in [0.1, 0.15) is 5.75 Å². The average molecular weight is 414 g/mol. The summed E-state index contributed by atoms with van der Waals surface area (Å²) in [5, 5.41) is 3.39. The van der Waals surface area contributed by atoms with Crippen LogP contribution in [0.1, 0.15) is 30.9 Å². The lowest BCUT2D eigenvalue weighted by Gasteiger charge is -2.23. The van der Waals surface area contributed by atoms with Gasteiger partial charge in [-0.1, -0.05) is 31.2 Å². The fourth-order valence-corrected chi connectivity index (χ4v) is 3.30. The van der Waals surface area contributed by atoms with E-state index >= 15 is 0 Å². The number of rotatable bonds is 10. The second-order valence-corrected chi connectivity index (χ2v) is 7.20. The number of nitrogens with zero attached hydrogens (tertiary/aromatic N) is 2. The van der Waals surface area contributed by atoms with Gasteiger partial charge in [0.15, 0.2) is 17.5 Å². The van der Waals surface area contributed by atoms with Crippen LogP contribution < -0.4 is 19.5 Å². The van der Waals surface area contributed by atoms with Gasteiger partial charge in [0.2, 0.25) is 0 Å². The molecule has 6 heteroatoms. The molecule has 0 aromatic heterocycles. The minimum absolute atomic E-state index is 0.258. The molecule has 0 fully saturated rings. The van der Waals surface area contributed by atoms with Crippen LogP contribution >= 0.6 is 0 Å². The zero-order valence-corrected chi connectivity index (χ0v) is 19.1. The Kier molecular flexibility index (Phi) is 9.32. The predicted octanol–water partition coefficient (Wildman–Crippen LogP) is 3.96. The topological polar surface area (TPSA) is 55.3 Å². The van der Waals surface area contributed by atoms with Crippen LogP contribution in [0.15, 0.2) is 47.5 Å². The molecule has 1 atom stereocenters. The third-order valence-corrected chi connectivity index (χ3v) is 5.07. The summed E-state index contributed by atoms with van der Waals surface area (Å²) in [4.78, 5) is 7.03. The van der Waals surface area contributed by atoms with Crippen LogP contribution in [-0.4, -0.2) is 58.9 Å². The number of para-hydroxylation sites is 1. The SMILES string of the molecule is CCNC(=NCC(C)c1ccccc1OC)N(C)CCc1ccc(OC)c(OC)c1. The quantitative estimate of drug-likeness (QED) is 0.472. The van der Waals surface area contributed by atoms with E-state index in [9.17, 15) is 0 Å². The van der Waals surface area contributed by atoms with Gasteiger partial charge in [-0.2, -0.15) is 0 Å². The van der Waals surface area contributed by atoms with Gasteiger partial charge < -0.3 is 24.4 Å². The van der Waals surface area contributed by atoms with Gasteiger partial charge in [0, 0.05) is 32.6 Å². The molecule has 0 spiro atoms. The number of methoxy groups -OCH3 is 3. The molecule has 6 nitrogen and oxygen atoms in total. The van der Waals surface area contributed by atoms with E-state index in [4.69, 9.17) is 19.2 Å². The van der Waals surface area contributed by atoms with Crippen molar-refractivity contribution in [1.29, 1.82) is 0 Å². The van der Waals surface area contributed by atoms with Gasteiger partial charge in [-0.15, -0.1) is 0 Å². The smallest absolute Gasteiger partial charge is 0.193 e. The van der Waals surface area contributed by atoms with E-state index in [1.54, 1.807) is 21.3 Å². The molecular weight excluding hydrogens is 378 g/mol. The van der Waals surface area contributed by atoms with Crippen molar-refractivity contribution in [1.82, 2.24) is 10.2 Å². The highest BCUT2D eigenvalue weighted by Crippen LogP contribution is 2.28. The van der Waals surface area contributed by atoms with E-state index in [0.717, 1.165) is 42.7 Å². The molecule has 0 aliphatic rings. The Hall–Kier alpha value is -2.89. The summed E-state index contributed by atoms with van der Waals surface area (Å²) in [6.07, 6.45) is 0.878. The third-order valence-electron chi connectivity index (χ3n) is 5.07. The third kappa shape index (κ3) is 6.31. The lowest BCUT2D eigenvalue weighted by molar-refractivity contribution is 0.354. The lowest BCUT2D eigenvalue weighted by Crippen LogP contribution is -2.40. The van der Waals surface area contributed by atoms with E-state index in [1.807, 2.05) is 30.3 Å². The average Bonchev–Trinajstić information content (AvgIpc) is 2.79. The number of nitrogens with one attached hydrogen (secondary N) is 1. The predicted molar refractivity (Wildman–Crippen MR) is 123 cm³/mol. The first-order chi connectivity index (χ1) is 14.5. The van der Waals surface area contributed by atoms with Crippen molar-refractivity contribution < 1.29 is 14.2 Å². The molecule has 164 valence electrons. The Balaban J connectivity index is 2.04. The first-order valence-corrected chi connectivity index (χ1v) is 10.4. The maximum atomic E-state index is 5.50. The second kappa shape index (κ2) is 12.0. The van der Waals surface area contributed by atoms with Crippen molar-refractivity contribution in [2.24, 2.45) is 4.99 Å². The number of ether oxygens (including phenoxy) is 3. The van der Waals surface area contributed by atoms with Crippen LogP contribution in [0.2, 0.25) is 0 Å². The molecule has 0 aliphatic carbocycles. The molecule has 0 heterocycles. The zero-order chi connectivity index (χ0) is 21.9. The van der Waals surface area contributed by atoms with E-state index in [-0.39, 0.29) is 5.92 Å². The minimum Gasteiger partial charge on any atom is -0.496 e. The summed E-state index contributed by atoms with van der Waals surface area (Å²) in [6, 6.07) is 14.2. The fraction of sp³-hybridized carbons (Fsp3) is 0.458. The molecule has 2 aromatic rings. The van der Waals surface area contributed by atoms with Crippen molar-refractivity contribution in [2.45, 2.75) is 26.2 Å². The summed E-state index contributed by atoms with van der Waals surface area (Å²) < 4.78 is 16.2. The van der Waals surface area contributed by atoms with Crippen LogP contribution in [-0.2, 0) is 6.42 Å². The number of guanidine groups is 1. The second-order valence-electron chi connectivity index (χ2n) is 7.20. The maximum Gasteiger partial charge on any atom is 0.193 e. The zero-order valence-electron chi connectivity index (χ0n) is 19.1. The molecule has 1 N–H and O–H groups in total. The molecule has 2 rings (SSSR count). The highest BCUT2D eigenvalue weighted by atomic mass is 16.5. The van der Waals surface area contributed by atoms with Crippen molar-refractivity contribution in [3.8, 4) is 17.2 Å². The molecule has 0 saturated carbocycles. The summed E-state index contributed by atoms with van der Waals surface area (Å²) in [5.74, 6) is 3.57. The Bertz CT molecular complexity index is 823. The monoisotopic (exact) mass is 413 g/mol. The number of benzene rings is 2. The summed E-state index contributed by atoms with van der Waals surface area (Å²) >= 11 is 0. The van der Waals surface area contributed by atoms with Crippen LogP contribution in [0, 0.1) is 0 Å². The summed E-state index contributed by atoms with van der Waals surface area (Å²) in [6.45, 7) is 6.60. The molecule has 0 aliphatic heterocycles. The minimum atomic E-state index is 0.258. The molecule has 0 saturated heterocycles. The molecule has 1 unspecified atom stereocenters. The highest BCUT2D eigenvalue weighted by molar-refractivity contribution is 5.79. The number of hydrogen-bond acceptors (Lipinski definition) is 4. The standard InChI is InChI=1S/C24H35N3O3/c1-7-25-24(26-17-18(2)20-10-8-9-11-21(20)28-4)27(3)15-14-19-12-13-22(29-5)23(16-19)30-6/h8-13,16,18H,7,14-15,17H2,1-6H3,(H,25,26). The van der Waals surface area contributed by atoms with Gasteiger partial charge in [-0.25, -0.2) is 0 Å². The van der Waals surface area contributed by atoms with Gasteiger partial charge in [-0.05, 0) is 42.7 Å². The Morgan fingerprint density at radius 3 is 2.37 bits per heavy atom. The largest absolute Gasteiger partial charge is 0.496 e. The first-order valence-electron chi connectivity index (χ1n) is 10.4. The first kappa shape index (κ1) is 23.4. The molecule has 30 heavy (non-hydrogen) atoms. The lowest BCUT2D eigenvalue weighted by atomic mass is 10.0. The van der Waals surface area contributed by atoms with E-state index in [0.29, 0.717) is 6.54 Å². The summed E-state index contributed by atoms with van der Waals surface area (Å²) in [5.41, 5.74) is 2.37. The number of likely N-dealkylation sites (N-methyl/N-ethyl adjacent to an activating group) is 1. The van der Waals surface area contributed by atoms with Crippen LogP contribution in [0.25, 0.3) is 0 Å². The Morgan fingerprint density at radius 1 is 1.00 bits per heavy atom. The van der Waals surface area contributed by atoms with E-state index < -0.39 is 0 Å². The Morgan fingerprint density at radius 2 is 1.70 bits per heavy atom. The van der Waals surface area contributed by atoms with Crippen molar-refractivity contribution in [3.63, 3.8) is 0 Å². The Labute approximate surface area is 180 Å². The van der Waals surface area contributed by atoms with Crippen molar-refractivity contribution in [2.75, 3.05) is 48.0 Å². The van der Waals surface area contributed by atoms with Gasteiger partial charge in [0.05, 0.1) is 21.3 Å². The van der Waals surface area contributed by atoms with Crippen LogP contribution in [0.5, 0.6) is 17.2 Å². The normalized spacial score (nSPS) is 12.3. The van der Waals surface area contributed by atoms with Gasteiger partial charge in [-0.3, -0.25) is 4.99 Å². The molecule has 0 amide bonds. The van der Waals surface area contributed by atoms with Crippen molar-refractivity contribution >= 4 is 5.96 Å². The number of aliphatic imine (C=N–C) groups is 1. The van der Waals surface area contributed by atoms with E-state index in [1.165, 1.54) is 11.1 Å². The summed E-state index contributed by atoms with van der Waals surface area (Å²) in [7, 11) is 7.08. The maximum absolute atomic E-state index is 5.50. The molecular formula is C24H35N3O3. The van der Waals surface area contributed by atoms with Crippen LogP contribution in [0.4, 0.5) is 0 Å². The molecule has 0 radical (unpaired) electrons. The van der Waals surface area contributed by atoms with Crippen molar-refractivity contribution in [3.05, 3.63) is 53.6 Å². The number of hydrogen-bond donors (Lipinski definition) is 1.